The highest BCUT2D eigenvalue weighted by Gasteiger charge is 2.24. The van der Waals surface area contributed by atoms with Gasteiger partial charge in [-0.25, -0.2) is 14.5 Å². The van der Waals surface area contributed by atoms with Crippen LogP contribution in [0.2, 0.25) is 0 Å². The zero-order valence-electron chi connectivity index (χ0n) is 16.0. The summed E-state index contributed by atoms with van der Waals surface area (Å²) in [5.41, 5.74) is 2.45. The summed E-state index contributed by atoms with van der Waals surface area (Å²) in [7, 11) is 1.64. The van der Waals surface area contributed by atoms with E-state index in [1.807, 2.05) is 37.3 Å². The number of aromatic nitrogens is 4. The lowest BCUT2D eigenvalue weighted by Gasteiger charge is -2.22. The van der Waals surface area contributed by atoms with E-state index >= 15 is 0 Å². The summed E-state index contributed by atoms with van der Waals surface area (Å²) in [5.74, 6) is 1.39. The molecule has 0 aliphatic carbocycles. The fourth-order valence-electron chi connectivity index (χ4n) is 3.27. The van der Waals surface area contributed by atoms with Crippen LogP contribution < -0.4 is 10.1 Å². The standard InChI is InChI=1S/C20H23N5O3/c1-13(22-20(26)15-7-9-28-10-8-15)19-23-18-11-17(21-12-25(18)24-19)14-3-5-16(27-2)6-4-14/h3-6,11-13,15H,7-10H2,1-2H3,(H,22,26)/t13-/m0/s1. The van der Waals surface area contributed by atoms with Crippen LogP contribution in [0.25, 0.3) is 16.9 Å². The fourth-order valence-corrected chi connectivity index (χ4v) is 3.27. The lowest BCUT2D eigenvalue weighted by atomic mass is 9.99. The first-order valence-electron chi connectivity index (χ1n) is 9.39. The fraction of sp³-hybridized carbons (Fsp3) is 0.400. The molecule has 3 aromatic rings. The number of hydrogen-bond donors (Lipinski definition) is 1. The molecule has 0 spiro atoms. The van der Waals surface area contributed by atoms with Crippen LogP contribution in [0.1, 0.15) is 31.6 Å². The summed E-state index contributed by atoms with van der Waals surface area (Å²) >= 11 is 0. The van der Waals surface area contributed by atoms with Crippen LogP contribution in [0.15, 0.2) is 36.7 Å². The first-order valence-corrected chi connectivity index (χ1v) is 9.39. The molecule has 1 saturated heterocycles. The van der Waals surface area contributed by atoms with Crippen molar-refractivity contribution < 1.29 is 14.3 Å². The Hall–Kier alpha value is -3.00. The summed E-state index contributed by atoms with van der Waals surface area (Å²) in [6, 6.07) is 9.29. The molecule has 146 valence electrons. The molecule has 1 aliphatic rings. The Kier molecular flexibility index (Phi) is 5.21. The summed E-state index contributed by atoms with van der Waals surface area (Å²) in [5, 5.41) is 7.48. The highest BCUT2D eigenvalue weighted by atomic mass is 16.5. The SMILES string of the molecule is COc1ccc(-c2cc3nc([C@H](C)NC(=O)C4CCOCC4)nn3cn2)cc1. The number of amides is 1. The number of benzene rings is 1. The molecule has 0 radical (unpaired) electrons. The highest BCUT2D eigenvalue weighted by Crippen LogP contribution is 2.22. The summed E-state index contributed by atoms with van der Waals surface area (Å²) in [4.78, 5) is 21.5. The van der Waals surface area contributed by atoms with Crippen molar-refractivity contribution in [2.45, 2.75) is 25.8 Å². The first kappa shape index (κ1) is 18.4. The molecule has 0 bridgehead atoms. The largest absolute Gasteiger partial charge is 0.497 e. The number of fused-ring (bicyclic) bond motifs is 1. The number of hydrogen-bond acceptors (Lipinski definition) is 6. The molecular formula is C20H23N5O3. The lowest BCUT2D eigenvalue weighted by molar-refractivity contribution is -0.128. The third kappa shape index (κ3) is 3.82. The second-order valence-corrected chi connectivity index (χ2v) is 6.89. The molecule has 3 heterocycles. The van der Waals surface area contributed by atoms with Gasteiger partial charge in [0.25, 0.3) is 0 Å². The maximum atomic E-state index is 12.4. The Balaban J connectivity index is 1.51. The van der Waals surface area contributed by atoms with E-state index in [-0.39, 0.29) is 17.9 Å². The summed E-state index contributed by atoms with van der Waals surface area (Å²) < 4.78 is 12.1. The average molecular weight is 381 g/mol. The first-order chi connectivity index (χ1) is 13.6. The van der Waals surface area contributed by atoms with E-state index in [2.05, 4.69) is 20.4 Å². The van der Waals surface area contributed by atoms with Gasteiger partial charge in [0.05, 0.1) is 18.8 Å². The molecule has 8 heteroatoms. The zero-order chi connectivity index (χ0) is 19.5. The van der Waals surface area contributed by atoms with Crippen molar-refractivity contribution in [3.05, 3.63) is 42.5 Å². The normalized spacial score (nSPS) is 16.1. The van der Waals surface area contributed by atoms with Crippen molar-refractivity contribution in [3.63, 3.8) is 0 Å². The monoisotopic (exact) mass is 381 g/mol. The second-order valence-electron chi connectivity index (χ2n) is 6.89. The molecule has 0 saturated carbocycles. The van der Waals surface area contributed by atoms with Gasteiger partial charge in [-0.2, -0.15) is 0 Å². The number of nitrogens with zero attached hydrogens (tertiary/aromatic N) is 4. The van der Waals surface area contributed by atoms with Gasteiger partial charge in [0.15, 0.2) is 11.5 Å². The van der Waals surface area contributed by atoms with Crippen LogP contribution in [0.3, 0.4) is 0 Å². The molecule has 1 N–H and O–H groups in total. The van der Waals surface area contributed by atoms with Crippen LogP contribution in [-0.2, 0) is 9.53 Å². The van der Waals surface area contributed by atoms with Gasteiger partial charge in [0.1, 0.15) is 12.1 Å². The molecular weight excluding hydrogens is 358 g/mol. The van der Waals surface area contributed by atoms with Gasteiger partial charge in [-0.1, -0.05) is 0 Å². The molecule has 28 heavy (non-hydrogen) atoms. The minimum Gasteiger partial charge on any atom is -0.497 e. The van der Waals surface area contributed by atoms with E-state index in [1.165, 1.54) is 0 Å². The average Bonchev–Trinajstić information content (AvgIpc) is 3.18. The van der Waals surface area contributed by atoms with Gasteiger partial charge in [-0.15, -0.1) is 5.10 Å². The van der Waals surface area contributed by atoms with Gasteiger partial charge in [-0.3, -0.25) is 4.79 Å². The molecule has 2 aromatic heterocycles. The highest BCUT2D eigenvalue weighted by molar-refractivity contribution is 5.79. The molecule has 0 unspecified atom stereocenters. The van der Waals surface area contributed by atoms with E-state index in [0.717, 1.165) is 29.8 Å². The third-order valence-corrected chi connectivity index (χ3v) is 4.97. The van der Waals surface area contributed by atoms with Crippen LogP contribution in [0.5, 0.6) is 5.75 Å². The Morgan fingerprint density at radius 1 is 1.29 bits per heavy atom. The van der Waals surface area contributed by atoms with Crippen LogP contribution in [0.4, 0.5) is 0 Å². The van der Waals surface area contributed by atoms with Crippen molar-refractivity contribution in [2.24, 2.45) is 5.92 Å². The Bertz CT molecular complexity index is 964. The van der Waals surface area contributed by atoms with Gasteiger partial charge in [-0.05, 0) is 44.0 Å². The number of rotatable bonds is 5. The van der Waals surface area contributed by atoms with E-state index < -0.39 is 0 Å². The number of ether oxygens (including phenoxy) is 2. The van der Waals surface area contributed by atoms with E-state index in [0.29, 0.717) is 24.7 Å². The maximum Gasteiger partial charge on any atom is 0.223 e. The molecule has 1 aliphatic heterocycles. The van der Waals surface area contributed by atoms with E-state index in [9.17, 15) is 4.79 Å². The predicted octanol–water partition coefficient (Wildman–Crippen LogP) is 2.40. The van der Waals surface area contributed by atoms with E-state index in [1.54, 1.807) is 18.0 Å². The summed E-state index contributed by atoms with van der Waals surface area (Å²) in [6.07, 6.45) is 3.15. The lowest BCUT2D eigenvalue weighted by Crippen LogP contribution is -2.36. The van der Waals surface area contributed by atoms with Crippen molar-refractivity contribution in [2.75, 3.05) is 20.3 Å². The Morgan fingerprint density at radius 3 is 2.75 bits per heavy atom. The van der Waals surface area contributed by atoms with Crippen molar-refractivity contribution >= 4 is 11.6 Å². The summed E-state index contributed by atoms with van der Waals surface area (Å²) in [6.45, 7) is 3.17. The van der Waals surface area contributed by atoms with Crippen molar-refractivity contribution in [3.8, 4) is 17.0 Å². The Morgan fingerprint density at radius 2 is 2.04 bits per heavy atom. The number of carbonyl (C=O) groups excluding carboxylic acids is 1. The quantitative estimate of drug-likeness (QED) is 0.730. The minimum atomic E-state index is -0.278. The Labute approximate surface area is 162 Å². The number of methoxy groups -OCH3 is 1. The van der Waals surface area contributed by atoms with Crippen molar-refractivity contribution in [1.82, 2.24) is 24.9 Å². The number of carbonyl (C=O) groups is 1. The maximum absolute atomic E-state index is 12.4. The molecule has 1 amide bonds. The predicted molar refractivity (Wildman–Crippen MR) is 103 cm³/mol. The third-order valence-electron chi connectivity index (χ3n) is 4.97. The molecule has 8 nitrogen and oxygen atoms in total. The topological polar surface area (TPSA) is 90.6 Å². The molecule has 1 fully saturated rings. The van der Waals surface area contributed by atoms with Crippen LogP contribution >= 0.6 is 0 Å². The molecule has 1 atom stereocenters. The van der Waals surface area contributed by atoms with E-state index in [4.69, 9.17) is 9.47 Å². The van der Waals surface area contributed by atoms with Crippen LogP contribution in [0, 0.1) is 5.92 Å². The van der Waals surface area contributed by atoms with Crippen LogP contribution in [-0.4, -0.2) is 45.8 Å². The van der Waals surface area contributed by atoms with Crippen molar-refractivity contribution in [1.29, 1.82) is 0 Å². The second kappa shape index (κ2) is 7.93. The van der Waals surface area contributed by atoms with Gasteiger partial charge in [0, 0.05) is 30.8 Å². The minimum absolute atomic E-state index is 0.00317. The molecule has 4 rings (SSSR count). The van der Waals surface area contributed by atoms with Gasteiger partial charge in [0.2, 0.25) is 5.91 Å². The number of nitrogens with one attached hydrogen (secondary N) is 1. The molecule has 1 aromatic carbocycles. The van der Waals surface area contributed by atoms with Gasteiger partial charge < -0.3 is 14.8 Å². The van der Waals surface area contributed by atoms with Gasteiger partial charge >= 0.3 is 0 Å². The smallest absolute Gasteiger partial charge is 0.223 e. The zero-order valence-corrected chi connectivity index (χ0v) is 16.0.